The Balaban J connectivity index is 1.16. The first-order valence-corrected chi connectivity index (χ1v) is 33.1. The van der Waals surface area contributed by atoms with Crippen LogP contribution in [0.1, 0.15) is 195 Å². The summed E-state index contributed by atoms with van der Waals surface area (Å²) in [5.74, 6) is 0. The van der Waals surface area contributed by atoms with Gasteiger partial charge < -0.3 is 14.4 Å². The van der Waals surface area contributed by atoms with E-state index in [9.17, 15) is 5.48 Å². The van der Waals surface area contributed by atoms with Crippen LogP contribution in [0, 0.1) is 0 Å². The fourth-order valence-electron chi connectivity index (χ4n) is 13.6. The van der Waals surface area contributed by atoms with Gasteiger partial charge in [0.25, 0.3) is 6.71 Å². The van der Waals surface area contributed by atoms with E-state index in [-0.39, 0.29) is 90.6 Å². The molecule has 0 saturated carbocycles. The zero-order chi connectivity index (χ0) is 72.7. The summed E-state index contributed by atoms with van der Waals surface area (Å²) >= 11 is 0. The summed E-state index contributed by atoms with van der Waals surface area (Å²) in [6.07, 6.45) is 0. The highest BCUT2D eigenvalue weighted by molar-refractivity contribution is 7.00. The average molecular weight is 1210 g/mol. The predicted molar refractivity (Wildman–Crippen MR) is 402 cm³/mol. The number of aromatic nitrogens is 1. The molecule has 3 nitrogen and oxygen atoms in total. The molecule has 2 aliphatic rings. The summed E-state index contributed by atoms with van der Waals surface area (Å²) < 4.78 is 76.0. The molecular weight excluding hydrogens is 1110 g/mol. The van der Waals surface area contributed by atoms with E-state index in [1.165, 1.54) is 38.9 Å². The van der Waals surface area contributed by atoms with Gasteiger partial charge in [-0.2, -0.15) is 0 Å². The van der Waals surface area contributed by atoms with Gasteiger partial charge in [-0.3, -0.25) is 0 Å². The van der Waals surface area contributed by atoms with Crippen molar-refractivity contribution in [3.8, 4) is 39.1 Å². The highest BCUT2D eigenvalue weighted by Crippen LogP contribution is 2.49. The Morgan fingerprint density at radius 1 is 0.283 bits per heavy atom. The quantitative estimate of drug-likeness (QED) is 0.154. The molecule has 466 valence electrons. The minimum Gasteiger partial charge on any atom is -0.311 e. The molecule has 0 spiro atoms. The second-order valence-corrected chi connectivity index (χ2v) is 33.6. The van der Waals surface area contributed by atoms with Crippen molar-refractivity contribution in [3.63, 3.8) is 0 Å². The van der Waals surface area contributed by atoms with E-state index < -0.39 is 24.2 Å². The molecular formula is C88H96BN3. The van der Waals surface area contributed by atoms with Crippen LogP contribution in [0.3, 0.4) is 0 Å². The smallest absolute Gasteiger partial charge is 0.252 e. The second kappa shape index (κ2) is 21.6. The number of fused-ring (bicyclic) bond motifs is 7. The van der Waals surface area contributed by atoms with Crippen molar-refractivity contribution in [2.45, 2.75) is 183 Å². The Kier molecular flexibility index (Phi) is 12.5. The van der Waals surface area contributed by atoms with Crippen molar-refractivity contribution < 1.29 is 11.0 Å². The van der Waals surface area contributed by atoms with Crippen molar-refractivity contribution in [2.75, 3.05) is 9.80 Å². The fourth-order valence-corrected chi connectivity index (χ4v) is 13.6. The second-order valence-electron chi connectivity index (χ2n) is 33.6. The monoisotopic (exact) mass is 1210 g/mol. The molecule has 0 unspecified atom stereocenters. The lowest BCUT2D eigenvalue weighted by Crippen LogP contribution is -2.61. The molecule has 0 bridgehead atoms. The highest BCUT2D eigenvalue weighted by Gasteiger charge is 2.45. The molecule has 0 saturated heterocycles. The molecule has 1 aromatic heterocycles. The van der Waals surface area contributed by atoms with E-state index in [4.69, 9.17) is 5.48 Å². The first kappa shape index (κ1) is 53.2. The van der Waals surface area contributed by atoms with Crippen molar-refractivity contribution in [1.29, 1.82) is 0 Å². The number of para-hydroxylation sites is 2. The van der Waals surface area contributed by atoms with Crippen LogP contribution in [-0.4, -0.2) is 11.3 Å². The van der Waals surface area contributed by atoms with Crippen LogP contribution in [0.2, 0.25) is 0 Å². The number of benzene rings is 10. The highest BCUT2D eigenvalue weighted by atomic mass is 15.2. The van der Waals surface area contributed by atoms with E-state index in [1.54, 1.807) is 4.57 Å². The number of hydrogen-bond donors (Lipinski definition) is 0. The molecule has 2 aliphatic heterocycles. The van der Waals surface area contributed by atoms with E-state index in [0.29, 0.717) is 5.69 Å². The van der Waals surface area contributed by atoms with Crippen molar-refractivity contribution >= 4 is 79.0 Å². The molecule has 11 aromatic rings. The number of nitrogens with zero attached hydrogens (tertiary/aromatic N) is 3. The van der Waals surface area contributed by atoms with Crippen molar-refractivity contribution in [3.05, 3.63) is 239 Å². The van der Waals surface area contributed by atoms with Crippen LogP contribution in [-0.2, 0) is 37.9 Å². The summed E-state index contributed by atoms with van der Waals surface area (Å²) in [4.78, 5) is 4.88. The molecule has 0 N–H and O–H groups in total. The van der Waals surface area contributed by atoms with Gasteiger partial charge in [0.2, 0.25) is 0 Å². The third kappa shape index (κ3) is 11.2. The SMILES string of the molecule is [2H]c1c([2H])c([2H])c2c(c1[2H])c1c([2H])c([2H])c([2H])c([2H])c1n2-c1ccc2c(c1)N(c1cccc(-c3cc(C(C)(C)C)cc(C(C)(C)C)c3)c1)c1cc(C(C)(C)C)cc3c1B2c1cc(-c2cc(C(C)(C)C)cc(C(C)(C)C)c2)ccc1N3c1ccc(-c2cc(C(C)(C)C)cc(C(C)(C)C)c2)cc1. The van der Waals surface area contributed by atoms with Gasteiger partial charge in [-0.1, -0.05) is 279 Å². The van der Waals surface area contributed by atoms with Gasteiger partial charge in [-0.25, -0.2) is 0 Å². The lowest BCUT2D eigenvalue weighted by atomic mass is 9.33. The normalized spacial score (nSPS) is 15.1. The van der Waals surface area contributed by atoms with Crippen LogP contribution >= 0.6 is 0 Å². The Labute approximate surface area is 562 Å². The summed E-state index contributed by atoms with van der Waals surface area (Å²) in [5, 5.41) is 0.0691. The van der Waals surface area contributed by atoms with Gasteiger partial charge in [-0.15, -0.1) is 0 Å². The zero-order valence-corrected chi connectivity index (χ0v) is 58.4. The largest absolute Gasteiger partial charge is 0.311 e. The summed E-state index contributed by atoms with van der Waals surface area (Å²) in [7, 11) is 0. The summed E-state index contributed by atoms with van der Waals surface area (Å²) in [6.45, 7) is 47.5. The average Bonchev–Trinajstić information content (AvgIpc) is 1.05. The molecule has 0 amide bonds. The fraction of sp³-hybridized carbons (Fsp3) is 0.318. The predicted octanol–water partition coefficient (Wildman–Crippen LogP) is 22.9. The Bertz CT molecular complexity index is 5050. The molecule has 0 atom stereocenters. The third-order valence-corrected chi connectivity index (χ3v) is 19.4. The first-order valence-electron chi connectivity index (χ1n) is 37.1. The first-order chi connectivity index (χ1) is 46.3. The lowest BCUT2D eigenvalue weighted by molar-refractivity contribution is 0.568. The van der Waals surface area contributed by atoms with E-state index in [1.807, 2.05) is 6.07 Å². The van der Waals surface area contributed by atoms with Crippen molar-refractivity contribution in [2.24, 2.45) is 0 Å². The van der Waals surface area contributed by atoms with Gasteiger partial charge in [0.1, 0.15) is 0 Å². The van der Waals surface area contributed by atoms with E-state index >= 15 is 0 Å². The van der Waals surface area contributed by atoms with Crippen LogP contribution in [0.5, 0.6) is 0 Å². The van der Waals surface area contributed by atoms with Crippen LogP contribution in [0.4, 0.5) is 34.1 Å². The van der Waals surface area contributed by atoms with E-state index in [0.717, 1.165) is 83.9 Å². The van der Waals surface area contributed by atoms with Gasteiger partial charge >= 0.3 is 0 Å². The number of rotatable bonds is 6. The maximum Gasteiger partial charge on any atom is 0.252 e. The van der Waals surface area contributed by atoms with Crippen LogP contribution in [0.15, 0.2) is 200 Å². The maximum atomic E-state index is 9.67. The van der Waals surface area contributed by atoms with Crippen LogP contribution < -0.4 is 26.2 Å². The van der Waals surface area contributed by atoms with Gasteiger partial charge in [0.05, 0.1) is 22.0 Å². The number of hydrogen-bond acceptors (Lipinski definition) is 2. The topological polar surface area (TPSA) is 11.4 Å². The molecule has 92 heavy (non-hydrogen) atoms. The maximum absolute atomic E-state index is 9.67. The molecule has 0 fully saturated rings. The summed E-state index contributed by atoms with van der Waals surface area (Å²) in [6, 6.07) is 54.0. The Hall–Kier alpha value is -8.34. The third-order valence-electron chi connectivity index (χ3n) is 19.4. The lowest BCUT2D eigenvalue weighted by Gasteiger charge is -2.45. The molecule has 3 heterocycles. The Morgan fingerprint density at radius 2 is 0.663 bits per heavy atom. The minimum absolute atomic E-state index is 0.0345. The molecule has 13 rings (SSSR count). The molecule has 0 radical (unpaired) electrons. The van der Waals surface area contributed by atoms with Gasteiger partial charge in [-0.05, 0) is 193 Å². The standard InChI is InChI=1S/C88H96BN3/c1-82(2,3)61-41-58(42-62(49-61)83(4,5)6)55-33-36-68(37-34-55)90-77-40-35-57(60-45-65(86(13,14)15)51-66(46-60)87(16,17)18)48-74(77)89-73-39-38-70(91-75-31-24-22-29-71(75)72-30-23-25-32-76(72)91)54-78(73)92(80-53-67(88(19,20)21)52-79(90)81(80)89)69-28-26-27-56(47-69)59-43-63(84(7,8)9)50-64(44-59)85(10,11)12/h22-54H,1-21H3/i22D,23D,24D,25D,29D,30D,31D,32D. The zero-order valence-electron chi connectivity index (χ0n) is 66.4. The summed E-state index contributed by atoms with van der Waals surface area (Å²) in [5.41, 5.74) is 23.9. The van der Waals surface area contributed by atoms with E-state index in [2.05, 4.69) is 301 Å². The minimum atomic E-state index is -0.481. The molecule has 10 aromatic carbocycles. The van der Waals surface area contributed by atoms with Gasteiger partial charge in [0.15, 0.2) is 0 Å². The van der Waals surface area contributed by atoms with Gasteiger partial charge in [0, 0.05) is 50.6 Å². The van der Waals surface area contributed by atoms with Crippen molar-refractivity contribution in [1.82, 2.24) is 4.57 Å². The Morgan fingerprint density at radius 3 is 1.11 bits per heavy atom. The van der Waals surface area contributed by atoms with Crippen LogP contribution in [0.25, 0.3) is 60.9 Å². The molecule has 4 heteroatoms. The number of anilines is 6. The molecule has 0 aliphatic carbocycles.